The zero-order valence-corrected chi connectivity index (χ0v) is 12.5. The van der Waals surface area contributed by atoms with Crippen molar-refractivity contribution in [3.63, 3.8) is 0 Å². The molecule has 0 aliphatic carbocycles. The number of pyridine rings is 1. The molecule has 2 aromatic heterocycles. The van der Waals surface area contributed by atoms with E-state index in [0.29, 0.717) is 0 Å². The quantitative estimate of drug-likeness (QED) is 0.592. The van der Waals surface area contributed by atoms with Crippen LogP contribution in [0, 0.1) is 0 Å². The SMILES string of the molecule is CC(=O)Nc1ccc(-c2nc3c(cnc4ccccc43)[nH]2)cc1. The Morgan fingerprint density at radius 2 is 1.87 bits per heavy atom. The minimum absolute atomic E-state index is 0.0842. The number of H-pyrrole nitrogens is 1. The van der Waals surface area contributed by atoms with Crippen LogP contribution >= 0.6 is 0 Å². The number of carbonyl (C=O) groups is 1. The van der Waals surface area contributed by atoms with Crippen LogP contribution in [0.1, 0.15) is 6.92 Å². The van der Waals surface area contributed by atoms with Crippen molar-refractivity contribution in [2.75, 3.05) is 5.32 Å². The molecule has 2 aromatic carbocycles. The van der Waals surface area contributed by atoms with Crippen LogP contribution < -0.4 is 5.32 Å². The van der Waals surface area contributed by atoms with Crippen molar-refractivity contribution in [3.8, 4) is 11.4 Å². The molecule has 2 N–H and O–H groups in total. The third-order valence-electron chi connectivity index (χ3n) is 3.70. The number of rotatable bonds is 2. The molecule has 0 radical (unpaired) electrons. The van der Waals surface area contributed by atoms with Crippen molar-refractivity contribution >= 4 is 33.5 Å². The normalized spacial score (nSPS) is 11.0. The second-order valence-electron chi connectivity index (χ2n) is 5.38. The topological polar surface area (TPSA) is 70.7 Å². The van der Waals surface area contributed by atoms with Gasteiger partial charge in [-0.2, -0.15) is 0 Å². The highest BCUT2D eigenvalue weighted by atomic mass is 16.1. The summed E-state index contributed by atoms with van der Waals surface area (Å²) in [6.45, 7) is 1.49. The van der Waals surface area contributed by atoms with Gasteiger partial charge in [-0.05, 0) is 30.3 Å². The Hall–Kier alpha value is -3.21. The lowest BCUT2D eigenvalue weighted by Crippen LogP contribution is -2.05. The van der Waals surface area contributed by atoms with E-state index < -0.39 is 0 Å². The molecular weight excluding hydrogens is 288 g/mol. The first-order valence-corrected chi connectivity index (χ1v) is 7.32. The van der Waals surface area contributed by atoms with Crippen LogP contribution in [0.5, 0.6) is 0 Å². The monoisotopic (exact) mass is 302 g/mol. The molecule has 0 bridgehead atoms. The summed E-state index contributed by atoms with van der Waals surface area (Å²) in [4.78, 5) is 23.5. The Morgan fingerprint density at radius 1 is 1.09 bits per heavy atom. The van der Waals surface area contributed by atoms with Crippen molar-refractivity contribution in [1.29, 1.82) is 0 Å². The van der Waals surface area contributed by atoms with Crippen LogP contribution in [0.4, 0.5) is 5.69 Å². The second kappa shape index (κ2) is 5.21. The van der Waals surface area contributed by atoms with Crippen LogP contribution in [-0.4, -0.2) is 20.9 Å². The molecule has 0 saturated carbocycles. The standard InChI is InChI=1S/C18H14N4O/c1-11(23)20-13-8-6-12(7-9-13)18-21-16-10-19-15-5-3-2-4-14(15)17(16)22-18/h2-10H,1H3,(H,20,23)(H,21,22). The maximum atomic E-state index is 11.1. The van der Waals surface area contributed by atoms with E-state index in [1.165, 1.54) is 6.92 Å². The van der Waals surface area contributed by atoms with E-state index in [1.807, 2.05) is 48.5 Å². The number of hydrogen-bond acceptors (Lipinski definition) is 3. The molecule has 5 heteroatoms. The van der Waals surface area contributed by atoms with Crippen LogP contribution in [-0.2, 0) is 4.79 Å². The van der Waals surface area contributed by atoms with Crippen LogP contribution in [0.3, 0.4) is 0 Å². The average Bonchev–Trinajstić information content (AvgIpc) is 2.99. The Morgan fingerprint density at radius 3 is 2.65 bits per heavy atom. The smallest absolute Gasteiger partial charge is 0.221 e. The molecule has 2 heterocycles. The number of nitrogens with zero attached hydrogens (tertiary/aromatic N) is 2. The van der Waals surface area contributed by atoms with Gasteiger partial charge >= 0.3 is 0 Å². The predicted molar refractivity (Wildman–Crippen MR) is 91.1 cm³/mol. The summed E-state index contributed by atoms with van der Waals surface area (Å²) in [5.74, 6) is 0.701. The zero-order valence-electron chi connectivity index (χ0n) is 12.5. The number of para-hydroxylation sites is 1. The fraction of sp³-hybridized carbons (Fsp3) is 0.0556. The minimum Gasteiger partial charge on any atom is -0.337 e. The van der Waals surface area contributed by atoms with E-state index in [9.17, 15) is 4.79 Å². The molecule has 4 aromatic rings. The number of fused-ring (bicyclic) bond motifs is 3. The molecule has 112 valence electrons. The molecule has 0 atom stereocenters. The lowest BCUT2D eigenvalue weighted by molar-refractivity contribution is -0.114. The lowest BCUT2D eigenvalue weighted by Gasteiger charge is -2.02. The number of aromatic nitrogens is 3. The van der Waals surface area contributed by atoms with Crippen LogP contribution in [0.15, 0.2) is 54.7 Å². The molecule has 4 rings (SSSR count). The highest BCUT2D eigenvalue weighted by Gasteiger charge is 2.09. The van der Waals surface area contributed by atoms with Gasteiger partial charge in [-0.3, -0.25) is 9.78 Å². The number of hydrogen-bond donors (Lipinski definition) is 2. The number of benzene rings is 2. The fourth-order valence-corrected chi connectivity index (χ4v) is 2.66. The van der Waals surface area contributed by atoms with Crippen molar-refractivity contribution in [1.82, 2.24) is 15.0 Å². The van der Waals surface area contributed by atoms with Crippen LogP contribution in [0.25, 0.3) is 33.3 Å². The Bertz CT molecular complexity index is 1020. The first-order chi connectivity index (χ1) is 11.2. The molecule has 0 aliphatic rings. The van der Waals surface area contributed by atoms with Crippen molar-refractivity contribution in [2.45, 2.75) is 6.92 Å². The number of aromatic amines is 1. The first kappa shape index (κ1) is 13.5. The van der Waals surface area contributed by atoms with E-state index in [-0.39, 0.29) is 5.91 Å². The van der Waals surface area contributed by atoms with Gasteiger partial charge in [0.2, 0.25) is 5.91 Å². The van der Waals surface area contributed by atoms with E-state index in [0.717, 1.165) is 39.0 Å². The minimum atomic E-state index is -0.0842. The van der Waals surface area contributed by atoms with Gasteiger partial charge in [0, 0.05) is 23.6 Å². The highest BCUT2D eigenvalue weighted by Crippen LogP contribution is 2.26. The summed E-state index contributed by atoms with van der Waals surface area (Å²) in [5.41, 5.74) is 4.48. The Kier molecular flexibility index (Phi) is 3.05. The van der Waals surface area contributed by atoms with Gasteiger partial charge < -0.3 is 10.3 Å². The predicted octanol–water partition coefficient (Wildman–Crippen LogP) is 3.74. The number of nitrogens with one attached hydrogen (secondary N) is 2. The van der Waals surface area contributed by atoms with E-state index >= 15 is 0 Å². The van der Waals surface area contributed by atoms with Gasteiger partial charge in [0.1, 0.15) is 5.82 Å². The number of anilines is 1. The zero-order chi connectivity index (χ0) is 15.8. The maximum Gasteiger partial charge on any atom is 0.221 e. The summed E-state index contributed by atoms with van der Waals surface area (Å²) >= 11 is 0. The highest BCUT2D eigenvalue weighted by molar-refractivity contribution is 6.02. The molecular formula is C18H14N4O. The molecule has 0 unspecified atom stereocenters. The van der Waals surface area contributed by atoms with E-state index in [4.69, 9.17) is 4.98 Å². The van der Waals surface area contributed by atoms with Crippen molar-refractivity contribution < 1.29 is 4.79 Å². The largest absolute Gasteiger partial charge is 0.337 e. The third kappa shape index (κ3) is 2.42. The fourth-order valence-electron chi connectivity index (χ4n) is 2.66. The van der Waals surface area contributed by atoms with Crippen molar-refractivity contribution in [2.24, 2.45) is 0 Å². The Balaban J connectivity index is 1.80. The third-order valence-corrected chi connectivity index (χ3v) is 3.70. The summed E-state index contributed by atoms with van der Waals surface area (Å²) in [6.07, 6.45) is 1.81. The van der Waals surface area contributed by atoms with Gasteiger partial charge in [-0.25, -0.2) is 4.98 Å². The number of imidazole rings is 1. The van der Waals surface area contributed by atoms with Gasteiger partial charge in [0.25, 0.3) is 0 Å². The van der Waals surface area contributed by atoms with Gasteiger partial charge in [0.15, 0.2) is 0 Å². The van der Waals surface area contributed by atoms with Gasteiger partial charge in [-0.15, -0.1) is 0 Å². The molecule has 0 spiro atoms. The average molecular weight is 302 g/mol. The Labute approximate surface area is 132 Å². The molecule has 0 fully saturated rings. The van der Waals surface area contributed by atoms with E-state index in [2.05, 4.69) is 15.3 Å². The van der Waals surface area contributed by atoms with Crippen molar-refractivity contribution in [3.05, 3.63) is 54.7 Å². The molecule has 0 aliphatic heterocycles. The number of carbonyl (C=O) groups excluding carboxylic acids is 1. The summed E-state index contributed by atoms with van der Waals surface area (Å²) < 4.78 is 0. The maximum absolute atomic E-state index is 11.1. The summed E-state index contributed by atoms with van der Waals surface area (Å²) in [5, 5.41) is 3.78. The summed E-state index contributed by atoms with van der Waals surface area (Å²) in [6, 6.07) is 15.5. The molecule has 1 amide bonds. The van der Waals surface area contributed by atoms with Gasteiger partial charge in [-0.1, -0.05) is 18.2 Å². The molecule has 23 heavy (non-hydrogen) atoms. The second-order valence-corrected chi connectivity index (χ2v) is 5.38. The molecule has 0 saturated heterocycles. The van der Waals surface area contributed by atoms with E-state index in [1.54, 1.807) is 6.20 Å². The van der Waals surface area contributed by atoms with Crippen LogP contribution in [0.2, 0.25) is 0 Å². The molecule has 5 nitrogen and oxygen atoms in total. The van der Waals surface area contributed by atoms with Gasteiger partial charge in [0.05, 0.1) is 22.7 Å². The number of amides is 1. The lowest BCUT2D eigenvalue weighted by atomic mass is 10.2. The first-order valence-electron chi connectivity index (χ1n) is 7.32. The summed E-state index contributed by atoms with van der Waals surface area (Å²) in [7, 11) is 0.